The molecule has 1 N–H and O–H groups in total. The number of hydrogen-bond acceptors (Lipinski definition) is 5. The van der Waals surface area contributed by atoms with Crippen LogP contribution in [0, 0.1) is 6.92 Å². The van der Waals surface area contributed by atoms with Crippen LogP contribution in [0.4, 0.5) is 0 Å². The number of nitrogens with one attached hydrogen (secondary N) is 1. The van der Waals surface area contributed by atoms with Gasteiger partial charge < -0.3 is 24.3 Å². The van der Waals surface area contributed by atoms with Crippen LogP contribution >= 0.6 is 11.6 Å². The molecule has 2 aromatic rings. The third-order valence-corrected chi connectivity index (χ3v) is 4.94. The summed E-state index contributed by atoms with van der Waals surface area (Å²) in [5.41, 5.74) is 2.64. The van der Waals surface area contributed by atoms with Crippen LogP contribution in [0.3, 0.4) is 0 Å². The van der Waals surface area contributed by atoms with E-state index in [1.54, 1.807) is 33.5 Å². The van der Waals surface area contributed by atoms with Crippen molar-refractivity contribution in [1.82, 2.24) is 5.32 Å². The van der Waals surface area contributed by atoms with Crippen molar-refractivity contribution in [2.45, 2.75) is 33.2 Å². The lowest BCUT2D eigenvalue weighted by Gasteiger charge is -2.17. The molecule has 0 radical (unpaired) electrons. The average Bonchev–Trinajstić information content (AvgIpc) is 2.71. The van der Waals surface area contributed by atoms with Crippen molar-refractivity contribution in [3.63, 3.8) is 0 Å². The maximum Gasteiger partial charge on any atom is 0.258 e. The Morgan fingerprint density at radius 1 is 0.966 bits per heavy atom. The van der Waals surface area contributed by atoms with Crippen molar-refractivity contribution in [2.24, 2.45) is 0 Å². The molecule has 0 unspecified atom stereocenters. The Kier molecular flexibility index (Phi) is 8.02. The molecule has 0 heterocycles. The van der Waals surface area contributed by atoms with Gasteiger partial charge in [-0.3, -0.25) is 4.79 Å². The predicted molar refractivity (Wildman–Crippen MR) is 114 cm³/mol. The molecule has 2 aromatic carbocycles. The smallest absolute Gasteiger partial charge is 0.258 e. The topological polar surface area (TPSA) is 66.0 Å². The minimum Gasteiger partial charge on any atom is -0.496 e. The van der Waals surface area contributed by atoms with Crippen LogP contribution in [0.15, 0.2) is 24.3 Å². The summed E-state index contributed by atoms with van der Waals surface area (Å²) in [6.45, 7) is 6.18. The van der Waals surface area contributed by atoms with Crippen molar-refractivity contribution in [2.75, 3.05) is 27.9 Å². The zero-order valence-electron chi connectivity index (χ0n) is 17.7. The van der Waals surface area contributed by atoms with E-state index >= 15 is 0 Å². The predicted octanol–water partition coefficient (Wildman–Crippen LogP) is 4.49. The molecule has 0 aliphatic heterocycles. The van der Waals surface area contributed by atoms with E-state index in [-0.39, 0.29) is 25.0 Å². The lowest BCUT2D eigenvalue weighted by molar-refractivity contribution is -0.123. The summed E-state index contributed by atoms with van der Waals surface area (Å²) in [6.07, 6.45) is 0. The summed E-state index contributed by atoms with van der Waals surface area (Å²) in [5.74, 6) is 2.36. The van der Waals surface area contributed by atoms with Crippen molar-refractivity contribution in [1.29, 1.82) is 0 Å². The van der Waals surface area contributed by atoms with Crippen molar-refractivity contribution in [3.05, 3.63) is 46.0 Å². The molecule has 0 fully saturated rings. The molecule has 0 saturated heterocycles. The molecule has 7 heteroatoms. The van der Waals surface area contributed by atoms with Crippen LogP contribution in [0.2, 0.25) is 5.02 Å². The first kappa shape index (κ1) is 22.7. The van der Waals surface area contributed by atoms with E-state index in [0.29, 0.717) is 28.0 Å². The first-order valence-electron chi connectivity index (χ1n) is 9.29. The number of carbonyl (C=O) groups is 1. The van der Waals surface area contributed by atoms with Gasteiger partial charge in [0.1, 0.15) is 11.5 Å². The fourth-order valence-electron chi connectivity index (χ4n) is 2.87. The highest BCUT2D eigenvalue weighted by Gasteiger charge is 2.15. The van der Waals surface area contributed by atoms with Gasteiger partial charge in [-0.2, -0.15) is 0 Å². The van der Waals surface area contributed by atoms with Gasteiger partial charge in [0.2, 0.25) is 0 Å². The molecule has 6 nitrogen and oxygen atoms in total. The third-order valence-electron chi connectivity index (χ3n) is 4.53. The normalized spacial score (nSPS) is 10.6. The van der Waals surface area contributed by atoms with E-state index < -0.39 is 0 Å². The van der Waals surface area contributed by atoms with Crippen LogP contribution < -0.4 is 24.3 Å². The number of hydrogen-bond donors (Lipinski definition) is 1. The van der Waals surface area contributed by atoms with Crippen molar-refractivity contribution in [3.8, 4) is 23.0 Å². The van der Waals surface area contributed by atoms with Gasteiger partial charge in [0.05, 0.1) is 21.3 Å². The second-order valence-electron chi connectivity index (χ2n) is 6.88. The molecule has 158 valence electrons. The van der Waals surface area contributed by atoms with Gasteiger partial charge in [-0.1, -0.05) is 25.4 Å². The third kappa shape index (κ3) is 5.70. The highest BCUT2D eigenvalue weighted by Crippen LogP contribution is 2.35. The standard InChI is InChI=1S/C22H28ClNO5/c1-13(2)16-9-17(23)14(3)7-19(16)29-12-22(25)24-11-15-8-20(27-5)21(28-6)10-18(15)26-4/h7-10,13H,11-12H2,1-6H3,(H,24,25). The average molecular weight is 422 g/mol. The minimum absolute atomic E-state index is 0.101. The van der Waals surface area contributed by atoms with Crippen LogP contribution in [0.1, 0.15) is 36.5 Å². The number of aryl methyl sites for hydroxylation is 1. The molecule has 0 aliphatic rings. The summed E-state index contributed by atoms with van der Waals surface area (Å²) in [6, 6.07) is 7.26. The molecule has 0 atom stereocenters. The number of benzene rings is 2. The van der Waals surface area contributed by atoms with E-state index in [4.69, 9.17) is 30.5 Å². The first-order chi connectivity index (χ1) is 13.8. The second kappa shape index (κ2) is 10.3. The second-order valence-corrected chi connectivity index (χ2v) is 7.29. The molecule has 2 rings (SSSR count). The molecule has 1 amide bonds. The molecule has 0 saturated carbocycles. The minimum atomic E-state index is -0.246. The van der Waals surface area contributed by atoms with Gasteiger partial charge in [0, 0.05) is 23.2 Å². The highest BCUT2D eigenvalue weighted by molar-refractivity contribution is 6.31. The van der Waals surface area contributed by atoms with Gasteiger partial charge in [-0.15, -0.1) is 0 Å². The van der Waals surface area contributed by atoms with E-state index in [1.165, 1.54) is 0 Å². The Hall–Kier alpha value is -2.60. The van der Waals surface area contributed by atoms with E-state index in [0.717, 1.165) is 16.7 Å². The van der Waals surface area contributed by atoms with Crippen molar-refractivity contribution < 1.29 is 23.7 Å². The Morgan fingerprint density at radius 3 is 2.17 bits per heavy atom. The Labute approximate surface area is 177 Å². The SMILES string of the molecule is COc1cc(OC)c(OC)cc1CNC(=O)COc1cc(C)c(Cl)cc1C(C)C. The van der Waals surface area contributed by atoms with Crippen LogP contribution in [0.5, 0.6) is 23.0 Å². The fraction of sp³-hybridized carbons (Fsp3) is 0.409. The van der Waals surface area contributed by atoms with Gasteiger partial charge in [0.25, 0.3) is 5.91 Å². The van der Waals surface area contributed by atoms with E-state index in [1.807, 2.05) is 19.1 Å². The number of rotatable bonds is 9. The quantitative estimate of drug-likeness (QED) is 0.646. The van der Waals surface area contributed by atoms with Crippen LogP contribution in [-0.4, -0.2) is 33.8 Å². The van der Waals surface area contributed by atoms with Crippen molar-refractivity contribution >= 4 is 17.5 Å². The number of ether oxygens (including phenoxy) is 4. The number of amides is 1. The molecular formula is C22H28ClNO5. The Morgan fingerprint density at radius 2 is 1.59 bits per heavy atom. The number of carbonyl (C=O) groups excluding carboxylic acids is 1. The lowest BCUT2D eigenvalue weighted by Crippen LogP contribution is -2.28. The van der Waals surface area contributed by atoms with Crippen LogP contribution in [0.25, 0.3) is 0 Å². The Balaban J connectivity index is 2.05. The first-order valence-corrected chi connectivity index (χ1v) is 9.66. The van der Waals surface area contributed by atoms with E-state index in [9.17, 15) is 4.79 Å². The van der Waals surface area contributed by atoms with Gasteiger partial charge >= 0.3 is 0 Å². The molecular weight excluding hydrogens is 394 g/mol. The molecule has 0 aliphatic carbocycles. The van der Waals surface area contributed by atoms with Gasteiger partial charge in [-0.05, 0) is 42.2 Å². The zero-order chi connectivity index (χ0) is 21.6. The summed E-state index contributed by atoms with van der Waals surface area (Å²) in [4.78, 5) is 12.3. The lowest BCUT2D eigenvalue weighted by atomic mass is 10.0. The summed E-state index contributed by atoms with van der Waals surface area (Å²) in [5, 5.41) is 3.53. The van der Waals surface area contributed by atoms with Crippen LogP contribution in [-0.2, 0) is 11.3 Å². The Bertz CT molecular complexity index is 867. The zero-order valence-corrected chi connectivity index (χ0v) is 18.5. The van der Waals surface area contributed by atoms with Gasteiger partial charge in [-0.25, -0.2) is 0 Å². The number of methoxy groups -OCH3 is 3. The molecule has 0 bridgehead atoms. The maximum atomic E-state index is 12.3. The summed E-state index contributed by atoms with van der Waals surface area (Å²) < 4.78 is 21.8. The largest absolute Gasteiger partial charge is 0.496 e. The maximum absolute atomic E-state index is 12.3. The summed E-state index contributed by atoms with van der Waals surface area (Å²) in [7, 11) is 4.67. The van der Waals surface area contributed by atoms with E-state index in [2.05, 4.69) is 19.2 Å². The number of halogens is 1. The highest BCUT2D eigenvalue weighted by atomic mass is 35.5. The monoisotopic (exact) mass is 421 g/mol. The molecule has 0 aromatic heterocycles. The fourth-order valence-corrected chi connectivity index (χ4v) is 3.04. The van der Waals surface area contributed by atoms with Gasteiger partial charge in [0.15, 0.2) is 18.1 Å². The summed E-state index contributed by atoms with van der Waals surface area (Å²) >= 11 is 6.22. The molecule has 0 spiro atoms. The molecule has 29 heavy (non-hydrogen) atoms.